The van der Waals surface area contributed by atoms with Crippen LogP contribution in [0.5, 0.6) is 0 Å². The van der Waals surface area contributed by atoms with E-state index < -0.39 is 0 Å². The molecule has 0 fully saturated rings. The first-order chi connectivity index (χ1) is 9.61. The van der Waals surface area contributed by atoms with Gasteiger partial charge >= 0.3 is 0 Å². The van der Waals surface area contributed by atoms with E-state index in [1.54, 1.807) is 18.2 Å². The van der Waals surface area contributed by atoms with Crippen molar-refractivity contribution in [2.75, 3.05) is 6.54 Å². The maximum absolute atomic E-state index is 11.8. The van der Waals surface area contributed by atoms with Crippen LogP contribution in [0.1, 0.15) is 30.3 Å². The number of nitrogens with zero attached hydrogens (tertiary/aromatic N) is 1. The van der Waals surface area contributed by atoms with Gasteiger partial charge in [0, 0.05) is 12.1 Å². The van der Waals surface area contributed by atoms with Crippen LogP contribution in [0.25, 0.3) is 11.5 Å². The van der Waals surface area contributed by atoms with E-state index in [9.17, 15) is 4.79 Å². The van der Waals surface area contributed by atoms with Crippen LogP contribution in [-0.4, -0.2) is 17.4 Å². The van der Waals surface area contributed by atoms with Crippen molar-refractivity contribution < 1.29 is 9.21 Å². The molecule has 1 N–H and O–H groups in total. The summed E-state index contributed by atoms with van der Waals surface area (Å²) < 4.78 is 5.30. The summed E-state index contributed by atoms with van der Waals surface area (Å²) in [7, 11) is 0. The molecule has 0 aliphatic heterocycles. The van der Waals surface area contributed by atoms with Crippen LogP contribution in [0.3, 0.4) is 0 Å². The van der Waals surface area contributed by atoms with Crippen molar-refractivity contribution in [3.05, 3.63) is 40.2 Å². The van der Waals surface area contributed by atoms with E-state index in [0.717, 1.165) is 12.8 Å². The highest BCUT2D eigenvalue weighted by Crippen LogP contribution is 2.28. The Morgan fingerprint density at radius 3 is 2.85 bits per heavy atom. The SMILES string of the molecule is CCCCNC(=O)c1coc(-c2ccc(Cl)c(Cl)c2)n1. The van der Waals surface area contributed by atoms with Crippen molar-refractivity contribution in [2.45, 2.75) is 19.8 Å². The van der Waals surface area contributed by atoms with Crippen LogP contribution in [0.2, 0.25) is 10.0 Å². The van der Waals surface area contributed by atoms with E-state index in [0.29, 0.717) is 28.0 Å². The Hall–Kier alpha value is -1.52. The van der Waals surface area contributed by atoms with Crippen molar-refractivity contribution in [3.63, 3.8) is 0 Å². The summed E-state index contributed by atoms with van der Waals surface area (Å²) in [6, 6.07) is 5.04. The fourth-order valence-electron chi connectivity index (χ4n) is 1.61. The molecule has 1 amide bonds. The summed E-state index contributed by atoms with van der Waals surface area (Å²) in [5, 5.41) is 3.65. The molecule has 0 saturated heterocycles. The number of halogens is 2. The van der Waals surface area contributed by atoms with Crippen molar-refractivity contribution >= 4 is 29.1 Å². The maximum Gasteiger partial charge on any atom is 0.273 e. The van der Waals surface area contributed by atoms with Crippen molar-refractivity contribution in [1.29, 1.82) is 0 Å². The first kappa shape index (κ1) is 14.9. The van der Waals surface area contributed by atoms with Gasteiger partial charge in [-0.3, -0.25) is 4.79 Å². The lowest BCUT2D eigenvalue weighted by Gasteiger charge is -2.00. The minimum atomic E-state index is -0.242. The van der Waals surface area contributed by atoms with Gasteiger partial charge in [-0.15, -0.1) is 0 Å². The lowest BCUT2D eigenvalue weighted by Crippen LogP contribution is -2.24. The van der Waals surface area contributed by atoms with Gasteiger partial charge < -0.3 is 9.73 Å². The summed E-state index contributed by atoms with van der Waals surface area (Å²) in [5.74, 6) is 0.0951. The molecule has 6 heteroatoms. The molecule has 0 atom stereocenters. The predicted molar refractivity (Wildman–Crippen MR) is 79.2 cm³/mol. The number of carbonyl (C=O) groups is 1. The topological polar surface area (TPSA) is 55.1 Å². The lowest BCUT2D eigenvalue weighted by molar-refractivity contribution is 0.0948. The number of carbonyl (C=O) groups excluding carboxylic acids is 1. The molecule has 4 nitrogen and oxygen atoms in total. The Labute approximate surface area is 127 Å². The van der Waals surface area contributed by atoms with Crippen LogP contribution in [0.4, 0.5) is 0 Å². The van der Waals surface area contributed by atoms with Gasteiger partial charge in [0.25, 0.3) is 5.91 Å². The Kier molecular flexibility index (Phi) is 5.04. The van der Waals surface area contributed by atoms with Gasteiger partial charge in [-0.25, -0.2) is 4.98 Å². The van der Waals surface area contributed by atoms with Gasteiger partial charge in [0.05, 0.1) is 10.0 Å². The Morgan fingerprint density at radius 1 is 1.35 bits per heavy atom. The minimum absolute atomic E-state index is 0.242. The molecule has 0 saturated carbocycles. The molecule has 0 unspecified atom stereocenters. The number of nitrogens with one attached hydrogen (secondary N) is 1. The lowest BCUT2D eigenvalue weighted by atomic mass is 10.2. The highest BCUT2D eigenvalue weighted by atomic mass is 35.5. The average Bonchev–Trinajstić information content (AvgIpc) is 2.92. The molecular formula is C14H14Cl2N2O2. The molecule has 0 bridgehead atoms. The fourth-order valence-corrected chi connectivity index (χ4v) is 1.91. The molecule has 1 aromatic heterocycles. The number of hydrogen-bond acceptors (Lipinski definition) is 3. The normalized spacial score (nSPS) is 10.6. The van der Waals surface area contributed by atoms with Crippen LogP contribution < -0.4 is 5.32 Å². The quantitative estimate of drug-likeness (QED) is 0.843. The molecule has 1 heterocycles. The molecule has 2 rings (SSSR count). The molecular weight excluding hydrogens is 299 g/mol. The van der Waals surface area contributed by atoms with E-state index >= 15 is 0 Å². The van der Waals surface area contributed by atoms with E-state index in [2.05, 4.69) is 17.2 Å². The van der Waals surface area contributed by atoms with Gasteiger partial charge in [0.15, 0.2) is 5.69 Å². The number of hydrogen-bond donors (Lipinski definition) is 1. The van der Waals surface area contributed by atoms with Gasteiger partial charge in [-0.2, -0.15) is 0 Å². The summed E-state index contributed by atoms with van der Waals surface area (Å²) in [6.45, 7) is 2.69. The number of amides is 1. The number of unbranched alkanes of at least 4 members (excludes halogenated alkanes) is 1. The summed E-state index contributed by atoms with van der Waals surface area (Å²) in [5.41, 5.74) is 0.925. The Bertz CT molecular complexity index is 611. The monoisotopic (exact) mass is 312 g/mol. The second-order valence-electron chi connectivity index (χ2n) is 4.28. The summed E-state index contributed by atoms with van der Waals surface area (Å²) >= 11 is 11.8. The molecule has 0 radical (unpaired) electrons. The molecule has 0 aliphatic rings. The predicted octanol–water partition coefficient (Wildman–Crippen LogP) is 4.18. The average molecular weight is 313 g/mol. The zero-order valence-corrected chi connectivity index (χ0v) is 12.5. The minimum Gasteiger partial charge on any atom is -0.444 e. The molecule has 1 aromatic carbocycles. The highest BCUT2D eigenvalue weighted by Gasteiger charge is 2.13. The molecule has 106 valence electrons. The molecule has 0 aliphatic carbocycles. The number of rotatable bonds is 5. The van der Waals surface area contributed by atoms with Gasteiger partial charge in [-0.05, 0) is 24.6 Å². The number of aromatic nitrogens is 1. The van der Waals surface area contributed by atoms with E-state index in [-0.39, 0.29) is 11.6 Å². The first-order valence-corrected chi connectivity index (χ1v) is 7.06. The third-order valence-corrected chi connectivity index (χ3v) is 3.46. The highest BCUT2D eigenvalue weighted by molar-refractivity contribution is 6.42. The van der Waals surface area contributed by atoms with Crippen LogP contribution in [0, 0.1) is 0 Å². The van der Waals surface area contributed by atoms with Crippen LogP contribution in [0.15, 0.2) is 28.9 Å². The zero-order valence-electron chi connectivity index (χ0n) is 11.0. The summed E-state index contributed by atoms with van der Waals surface area (Å²) in [4.78, 5) is 16.0. The van der Waals surface area contributed by atoms with Gasteiger partial charge in [0.2, 0.25) is 5.89 Å². The standard InChI is InChI=1S/C14H14Cl2N2O2/c1-2-3-6-17-13(19)12-8-20-14(18-12)9-4-5-10(15)11(16)7-9/h4-5,7-8H,2-3,6H2,1H3,(H,17,19). The van der Waals surface area contributed by atoms with E-state index in [1.807, 2.05) is 0 Å². The summed E-state index contributed by atoms with van der Waals surface area (Å²) in [6.07, 6.45) is 3.29. The van der Waals surface area contributed by atoms with Crippen molar-refractivity contribution in [3.8, 4) is 11.5 Å². The van der Waals surface area contributed by atoms with Gasteiger partial charge in [-0.1, -0.05) is 36.5 Å². The maximum atomic E-state index is 11.8. The van der Waals surface area contributed by atoms with E-state index in [1.165, 1.54) is 6.26 Å². The first-order valence-electron chi connectivity index (χ1n) is 6.31. The Morgan fingerprint density at radius 2 is 2.15 bits per heavy atom. The third-order valence-electron chi connectivity index (χ3n) is 2.72. The number of oxazole rings is 1. The van der Waals surface area contributed by atoms with Gasteiger partial charge in [0.1, 0.15) is 6.26 Å². The molecule has 20 heavy (non-hydrogen) atoms. The second kappa shape index (κ2) is 6.77. The smallest absolute Gasteiger partial charge is 0.273 e. The second-order valence-corrected chi connectivity index (χ2v) is 5.09. The fraction of sp³-hybridized carbons (Fsp3) is 0.286. The molecule has 2 aromatic rings. The third kappa shape index (κ3) is 3.52. The molecule has 0 spiro atoms. The zero-order chi connectivity index (χ0) is 14.5. The Balaban J connectivity index is 2.12. The van der Waals surface area contributed by atoms with Crippen molar-refractivity contribution in [2.24, 2.45) is 0 Å². The van der Waals surface area contributed by atoms with Crippen molar-refractivity contribution in [1.82, 2.24) is 10.3 Å². The van der Waals surface area contributed by atoms with Crippen LogP contribution in [-0.2, 0) is 0 Å². The van der Waals surface area contributed by atoms with Crippen LogP contribution >= 0.6 is 23.2 Å². The van der Waals surface area contributed by atoms with E-state index in [4.69, 9.17) is 27.6 Å². The number of benzene rings is 1. The largest absolute Gasteiger partial charge is 0.444 e.